The Bertz CT molecular complexity index is 866. The van der Waals surface area contributed by atoms with Gasteiger partial charge in [0.1, 0.15) is 16.8 Å². The fourth-order valence-corrected chi connectivity index (χ4v) is 2.62. The maximum absolute atomic E-state index is 13.8. The highest BCUT2D eigenvalue weighted by Gasteiger charge is 2.14. The Hall–Kier alpha value is -1.78. The SMILES string of the molecule is Cc1cc(Cl)c2nc(-c3ccc(F)cc3F)nc(Cl)c2c1. The molecular formula is C15H8Cl2F2N2. The number of hydrogen-bond acceptors (Lipinski definition) is 2. The average Bonchev–Trinajstić information content (AvgIpc) is 2.40. The molecule has 0 aliphatic heterocycles. The lowest BCUT2D eigenvalue weighted by Gasteiger charge is -2.08. The fourth-order valence-electron chi connectivity index (χ4n) is 2.08. The van der Waals surface area contributed by atoms with Gasteiger partial charge in [-0.15, -0.1) is 0 Å². The summed E-state index contributed by atoms with van der Waals surface area (Å²) in [4.78, 5) is 8.33. The molecule has 0 atom stereocenters. The smallest absolute Gasteiger partial charge is 0.164 e. The molecule has 0 saturated heterocycles. The van der Waals surface area contributed by atoms with Crippen molar-refractivity contribution in [2.75, 3.05) is 0 Å². The topological polar surface area (TPSA) is 25.8 Å². The predicted octanol–water partition coefficient (Wildman–Crippen LogP) is 5.19. The Morgan fingerprint density at radius 1 is 1.00 bits per heavy atom. The summed E-state index contributed by atoms with van der Waals surface area (Å²) in [5.41, 5.74) is 1.41. The molecule has 0 bridgehead atoms. The lowest BCUT2D eigenvalue weighted by Crippen LogP contribution is -1.96. The molecule has 3 aromatic rings. The molecule has 0 fully saturated rings. The van der Waals surface area contributed by atoms with Gasteiger partial charge in [0.15, 0.2) is 5.82 Å². The number of aromatic nitrogens is 2. The lowest BCUT2D eigenvalue weighted by atomic mass is 10.1. The van der Waals surface area contributed by atoms with E-state index in [1.807, 2.05) is 6.92 Å². The van der Waals surface area contributed by atoms with E-state index in [1.165, 1.54) is 6.07 Å². The van der Waals surface area contributed by atoms with E-state index < -0.39 is 11.6 Å². The second-order valence-corrected chi connectivity index (χ2v) is 5.37. The van der Waals surface area contributed by atoms with E-state index in [2.05, 4.69) is 9.97 Å². The second-order valence-electron chi connectivity index (χ2n) is 4.61. The molecule has 0 unspecified atom stereocenters. The summed E-state index contributed by atoms with van der Waals surface area (Å²) < 4.78 is 26.8. The quantitative estimate of drug-likeness (QED) is 0.575. The minimum absolute atomic E-state index is 0.0655. The van der Waals surface area contributed by atoms with Crippen LogP contribution in [-0.2, 0) is 0 Å². The molecule has 106 valence electrons. The number of benzene rings is 2. The van der Waals surface area contributed by atoms with Gasteiger partial charge in [-0.1, -0.05) is 23.2 Å². The third-order valence-electron chi connectivity index (χ3n) is 3.02. The molecule has 1 heterocycles. The summed E-state index contributed by atoms with van der Waals surface area (Å²) in [5.74, 6) is -1.36. The van der Waals surface area contributed by atoms with Gasteiger partial charge >= 0.3 is 0 Å². The summed E-state index contributed by atoms with van der Waals surface area (Å²) in [6, 6.07) is 6.71. The first-order valence-electron chi connectivity index (χ1n) is 6.04. The van der Waals surface area contributed by atoms with Crippen molar-refractivity contribution in [3.05, 3.63) is 57.7 Å². The molecule has 6 heteroatoms. The minimum Gasteiger partial charge on any atom is -0.226 e. The van der Waals surface area contributed by atoms with Crippen molar-refractivity contribution in [3.8, 4) is 11.4 Å². The van der Waals surface area contributed by atoms with Crippen molar-refractivity contribution in [2.45, 2.75) is 6.92 Å². The van der Waals surface area contributed by atoms with Crippen LogP contribution in [0.5, 0.6) is 0 Å². The van der Waals surface area contributed by atoms with Crippen molar-refractivity contribution >= 4 is 34.1 Å². The fraction of sp³-hybridized carbons (Fsp3) is 0.0667. The van der Waals surface area contributed by atoms with Crippen molar-refractivity contribution in [3.63, 3.8) is 0 Å². The largest absolute Gasteiger partial charge is 0.226 e. The molecule has 2 nitrogen and oxygen atoms in total. The van der Waals surface area contributed by atoms with E-state index in [-0.39, 0.29) is 16.5 Å². The summed E-state index contributed by atoms with van der Waals surface area (Å²) in [6.45, 7) is 1.87. The third kappa shape index (κ3) is 2.57. The van der Waals surface area contributed by atoms with Crippen LogP contribution in [0.25, 0.3) is 22.3 Å². The van der Waals surface area contributed by atoms with E-state index in [9.17, 15) is 8.78 Å². The van der Waals surface area contributed by atoms with Gasteiger partial charge in [-0.25, -0.2) is 18.7 Å². The first-order chi connectivity index (χ1) is 9.95. The van der Waals surface area contributed by atoms with Gasteiger partial charge in [0.05, 0.1) is 16.1 Å². The van der Waals surface area contributed by atoms with Crippen molar-refractivity contribution in [1.82, 2.24) is 9.97 Å². The van der Waals surface area contributed by atoms with Crippen molar-refractivity contribution < 1.29 is 8.78 Å². The Morgan fingerprint density at radius 3 is 2.48 bits per heavy atom. The van der Waals surface area contributed by atoms with E-state index in [4.69, 9.17) is 23.2 Å². The zero-order valence-electron chi connectivity index (χ0n) is 10.8. The molecule has 0 N–H and O–H groups in total. The zero-order valence-corrected chi connectivity index (χ0v) is 12.3. The Morgan fingerprint density at radius 2 is 1.76 bits per heavy atom. The first kappa shape index (κ1) is 14.2. The summed E-state index contributed by atoms with van der Waals surface area (Å²) in [7, 11) is 0. The summed E-state index contributed by atoms with van der Waals surface area (Å²) in [5, 5.41) is 1.16. The maximum atomic E-state index is 13.8. The van der Waals surface area contributed by atoms with Crippen LogP contribution in [0.3, 0.4) is 0 Å². The summed E-state index contributed by atoms with van der Waals surface area (Å²) >= 11 is 12.3. The molecule has 0 aliphatic rings. The van der Waals surface area contributed by atoms with E-state index in [0.29, 0.717) is 15.9 Å². The zero-order chi connectivity index (χ0) is 15.1. The Kier molecular flexibility index (Phi) is 3.51. The van der Waals surface area contributed by atoms with Crippen molar-refractivity contribution in [2.24, 2.45) is 0 Å². The predicted molar refractivity (Wildman–Crippen MR) is 79.6 cm³/mol. The second kappa shape index (κ2) is 5.20. The normalized spacial score (nSPS) is 11.1. The number of hydrogen-bond donors (Lipinski definition) is 0. The minimum atomic E-state index is -0.756. The first-order valence-corrected chi connectivity index (χ1v) is 6.80. The molecule has 1 aromatic heterocycles. The Balaban J connectivity index is 2.30. The molecule has 0 saturated carbocycles. The van der Waals surface area contributed by atoms with Gasteiger partial charge in [-0.05, 0) is 36.8 Å². The molecule has 2 aromatic carbocycles. The van der Waals surface area contributed by atoms with Crippen LogP contribution in [0, 0.1) is 18.6 Å². The highest BCUT2D eigenvalue weighted by molar-refractivity contribution is 6.38. The average molecular weight is 325 g/mol. The standard InChI is InChI=1S/C15H8Cl2F2N2/c1-7-4-10-13(11(16)5-7)20-15(21-14(10)17)9-3-2-8(18)6-12(9)19/h2-6H,1H3. The van der Waals surface area contributed by atoms with E-state index >= 15 is 0 Å². The van der Waals surface area contributed by atoms with Crippen LogP contribution >= 0.6 is 23.2 Å². The van der Waals surface area contributed by atoms with Crippen LogP contribution in [0.1, 0.15) is 5.56 Å². The number of aryl methyl sites for hydroxylation is 1. The van der Waals surface area contributed by atoms with Gasteiger partial charge < -0.3 is 0 Å². The van der Waals surface area contributed by atoms with E-state index in [1.54, 1.807) is 12.1 Å². The monoisotopic (exact) mass is 324 g/mol. The van der Waals surface area contributed by atoms with Gasteiger partial charge in [-0.2, -0.15) is 0 Å². The van der Waals surface area contributed by atoms with Gasteiger partial charge in [0.25, 0.3) is 0 Å². The highest BCUT2D eigenvalue weighted by Crippen LogP contribution is 2.31. The molecule has 0 spiro atoms. The van der Waals surface area contributed by atoms with Crippen LogP contribution in [0.15, 0.2) is 30.3 Å². The molecular weight excluding hydrogens is 317 g/mol. The number of rotatable bonds is 1. The van der Waals surface area contributed by atoms with Crippen LogP contribution in [0.2, 0.25) is 10.2 Å². The van der Waals surface area contributed by atoms with Gasteiger partial charge in [-0.3, -0.25) is 0 Å². The van der Waals surface area contributed by atoms with Gasteiger partial charge in [0, 0.05) is 11.5 Å². The van der Waals surface area contributed by atoms with Crippen molar-refractivity contribution in [1.29, 1.82) is 0 Å². The number of nitrogens with zero attached hydrogens (tertiary/aromatic N) is 2. The van der Waals surface area contributed by atoms with E-state index in [0.717, 1.165) is 17.7 Å². The van der Waals surface area contributed by atoms with Crippen LogP contribution in [0.4, 0.5) is 8.78 Å². The van der Waals surface area contributed by atoms with Gasteiger partial charge in [0.2, 0.25) is 0 Å². The third-order valence-corrected chi connectivity index (χ3v) is 3.60. The number of fused-ring (bicyclic) bond motifs is 1. The summed E-state index contributed by atoms with van der Waals surface area (Å²) in [6.07, 6.45) is 0. The number of halogens is 4. The van der Waals surface area contributed by atoms with Crippen LogP contribution in [-0.4, -0.2) is 9.97 Å². The molecule has 0 aliphatic carbocycles. The maximum Gasteiger partial charge on any atom is 0.164 e. The molecule has 3 rings (SSSR count). The highest BCUT2D eigenvalue weighted by atomic mass is 35.5. The Labute approximate surface area is 129 Å². The lowest BCUT2D eigenvalue weighted by molar-refractivity contribution is 0.585. The van der Waals surface area contributed by atoms with Crippen LogP contribution < -0.4 is 0 Å². The molecule has 0 amide bonds. The molecule has 0 radical (unpaired) electrons. The molecule has 21 heavy (non-hydrogen) atoms.